The quantitative estimate of drug-likeness (QED) is 0.619. The molecule has 0 saturated carbocycles. The molecule has 0 heterocycles. The van der Waals surface area contributed by atoms with Crippen LogP contribution >= 0.6 is 22.6 Å². The zero-order valence-electron chi connectivity index (χ0n) is 8.71. The lowest BCUT2D eigenvalue weighted by Gasteiger charge is -2.18. The Morgan fingerprint density at radius 3 is 2.47 bits per heavy atom. The fraction of sp³-hybridized carbons (Fsp3) is 0.364. The lowest BCUT2D eigenvalue weighted by atomic mass is 10.1. The minimum atomic E-state index is -0.548. The number of halogens is 2. The van der Waals surface area contributed by atoms with Crippen LogP contribution in [0.3, 0.4) is 0 Å². The largest absolute Gasteiger partial charge is 0.273 e. The normalized spacial score (nSPS) is 12.3. The highest BCUT2D eigenvalue weighted by Gasteiger charge is 2.16. The molecule has 0 spiro atoms. The van der Waals surface area contributed by atoms with Crippen LogP contribution in [0.15, 0.2) is 24.3 Å². The Hall–Kier alpha value is -0.650. The van der Waals surface area contributed by atoms with E-state index in [1.807, 2.05) is 24.3 Å². The Bertz CT molecular complexity index is 339. The van der Waals surface area contributed by atoms with E-state index in [-0.39, 0.29) is 5.12 Å². The number of carbonyl (C=O) groups is 1. The van der Waals surface area contributed by atoms with Crippen molar-refractivity contribution in [2.45, 2.75) is 26.3 Å². The SMILES string of the molecule is CC(=O)N(F)[C@H](C)Cc1ccc(I)cc1. The molecule has 1 aromatic rings. The highest BCUT2D eigenvalue weighted by molar-refractivity contribution is 14.1. The highest BCUT2D eigenvalue weighted by atomic mass is 127. The van der Waals surface area contributed by atoms with Crippen LogP contribution in [0.1, 0.15) is 19.4 Å². The van der Waals surface area contributed by atoms with Gasteiger partial charge in [0.1, 0.15) is 0 Å². The average Bonchev–Trinajstić information content (AvgIpc) is 2.20. The third-order valence-corrected chi connectivity index (χ3v) is 2.85. The Balaban J connectivity index is 2.62. The van der Waals surface area contributed by atoms with Crippen LogP contribution in [0.2, 0.25) is 0 Å². The zero-order valence-corrected chi connectivity index (χ0v) is 10.9. The Morgan fingerprint density at radius 2 is 2.00 bits per heavy atom. The summed E-state index contributed by atoms with van der Waals surface area (Å²) in [5.41, 5.74) is 1.03. The second-order valence-corrected chi connectivity index (χ2v) is 4.76. The van der Waals surface area contributed by atoms with Crippen molar-refractivity contribution in [2.24, 2.45) is 0 Å². The van der Waals surface area contributed by atoms with Gasteiger partial charge in [0, 0.05) is 10.5 Å². The summed E-state index contributed by atoms with van der Waals surface area (Å²) in [4.78, 5) is 10.8. The second-order valence-electron chi connectivity index (χ2n) is 3.51. The van der Waals surface area contributed by atoms with Crippen molar-refractivity contribution in [3.05, 3.63) is 33.4 Å². The van der Waals surface area contributed by atoms with Crippen LogP contribution in [0.25, 0.3) is 0 Å². The number of hydrogen-bond acceptors (Lipinski definition) is 1. The molecule has 82 valence electrons. The molecule has 1 aromatic carbocycles. The van der Waals surface area contributed by atoms with Crippen LogP contribution in [-0.4, -0.2) is 17.1 Å². The maximum Gasteiger partial charge on any atom is 0.247 e. The van der Waals surface area contributed by atoms with E-state index in [0.29, 0.717) is 6.42 Å². The van der Waals surface area contributed by atoms with Crippen LogP contribution in [0.4, 0.5) is 4.48 Å². The molecule has 0 aromatic heterocycles. The summed E-state index contributed by atoms with van der Waals surface area (Å²) in [6, 6.07) is 7.43. The van der Waals surface area contributed by atoms with Gasteiger partial charge in [-0.05, 0) is 53.6 Å². The van der Waals surface area contributed by atoms with E-state index < -0.39 is 11.9 Å². The standard InChI is InChI=1S/C11H13FINO/c1-8(14(12)9(2)15)7-10-3-5-11(13)6-4-10/h3-6,8H,7H2,1-2H3/t8-/m1/s1. The van der Waals surface area contributed by atoms with Gasteiger partial charge in [-0.15, -0.1) is 0 Å². The summed E-state index contributed by atoms with van der Waals surface area (Å²) in [6.45, 7) is 2.92. The van der Waals surface area contributed by atoms with E-state index in [1.165, 1.54) is 6.92 Å². The Kier molecular flexibility index (Phi) is 4.50. The number of carbonyl (C=O) groups excluding carboxylic acids is 1. The number of hydrogen-bond donors (Lipinski definition) is 0. The maximum atomic E-state index is 13.2. The van der Waals surface area contributed by atoms with Gasteiger partial charge in [0.2, 0.25) is 5.91 Å². The number of nitrogens with zero attached hydrogens (tertiary/aromatic N) is 1. The van der Waals surface area contributed by atoms with E-state index >= 15 is 0 Å². The molecule has 4 heteroatoms. The molecule has 0 saturated heterocycles. The molecular formula is C11H13FINO. The molecule has 0 radical (unpaired) electrons. The van der Waals surface area contributed by atoms with E-state index in [9.17, 15) is 9.28 Å². The summed E-state index contributed by atoms with van der Waals surface area (Å²) in [6.07, 6.45) is 0.535. The first-order chi connectivity index (χ1) is 7.00. The van der Waals surface area contributed by atoms with Gasteiger partial charge in [-0.25, -0.2) is 0 Å². The summed E-state index contributed by atoms with van der Waals surface area (Å²) in [5, 5.41) is 0.276. The molecule has 0 fully saturated rings. The molecule has 0 unspecified atom stereocenters. The van der Waals surface area contributed by atoms with Crippen LogP contribution in [0.5, 0.6) is 0 Å². The van der Waals surface area contributed by atoms with Crippen molar-refractivity contribution >= 4 is 28.5 Å². The van der Waals surface area contributed by atoms with Crippen LogP contribution < -0.4 is 0 Å². The summed E-state index contributed by atoms with van der Waals surface area (Å²) < 4.78 is 14.3. The molecule has 0 bridgehead atoms. The van der Waals surface area contributed by atoms with Crippen LogP contribution in [-0.2, 0) is 11.2 Å². The minimum absolute atomic E-state index is 0.276. The molecule has 0 aliphatic carbocycles. The van der Waals surface area contributed by atoms with Gasteiger partial charge in [0.15, 0.2) is 0 Å². The topological polar surface area (TPSA) is 20.3 Å². The monoisotopic (exact) mass is 321 g/mol. The molecule has 1 amide bonds. The molecule has 1 rings (SSSR count). The second kappa shape index (κ2) is 5.44. The minimum Gasteiger partial charge on any atom is -0.273 e. The van der Waals surface area contributed by atoms with Gasteiger partial charge >= 0.3 is 0 Å². The van der Waals surface area contributed by atoms with Gasteiger partial charge in [-0.3, -0.25) is 4.79 Å². The predicted molar refractivity (Wildman–Crippen MR) is 66.0 cm³/mol. The predicted octanol–water partition coefficient (Wildman–Crippen LogP) is 2.96. The first-order valence-electron chi connectivity index (χ1n) is 4.70. The van der Waals surface area contributed by atoms with Crippen LogP contribution in [0, 0.1) is 3.57 Å². The third-order valence-electron chi connectivity index (χ3n) is 2.13. The number of amides is 1. The smallest absolute Gasteiger partial charge is 0.247 e. The fourth-order valence-corrected chi connectivity index (χ4v) is 1.71. The van der Waals surface area contributed by atoms with E-state index in [4.69, 9.17) is 0 Å². The van der Waals surface area contributed by atoms with Crippen molar-refractivity contribution in [1.29, 1.82) is 0 Å². The van der Waals surface area contributed by atoms with Gasteiger partial charge < -0.3 is 0 Å². The summed E-state index contributed by atoms with van der Waals surface area (Å²) in [5.74, 6) is -0.548. The van der Waals surface area contributed by atoms with E-state index in [0.717, 1.165) is 9.13 Å². The average molecular weight is 321 g/mol. The first-order valence-corrected chi connectivity index (χ1v) is 5.78. The Morgan fingerprint density at radius 1 is 1.47 bits per heavy atom. The van der Waals surface area contributed by atoms with Crippen molar-refractivity contribution in [1.82, 2.24) is 5.12 Å². The molecule has 1 atom stereocenters. The first kappa shape index (κ1) is 12.4. The highest BCUT2D eigenvalue weighted by Crippen LogP contribution is 2.12. The molecule has 0 N–H and O–H groups in total. The zero-order chi connectivity index (χ0) is 11.4. The van der Waals surface area contributed by atoms with Crippen molar-refractivity contribution in [3.63, 3.8) is 0 Å². The molecule has 15 heavy (non-hydrogen) atoms. The lowest BCUT2D eigenvalue weighted by molar-refractivity contribution is -0.148. The van der Waals surface area contributed by atoms with Crippen molar-refractivity contribution in [3.8, 4) is 0 Å². The Labute approximate surface area is 103 Å². The third kappa shape index (κ3) is 3.77. The summed E-state index contributed by atoms with van der Waals surface area (Å²) >= 11 is 2.22. The van der Waals surface area contributed by atoms with Gasteiger partial charge in [-0.1, -0.05) is 16.6 Å². The molecule has 0 aliphatic heterocycles. The molecule has 2 nitrogen and oxygen atoms in total. The van der Waals surface area contributed by atoms with Gasteiger partial charge in [0.05, 0.1) is 6.04 Å². The van der Waals surface area contributed by atoms with Crippen molar-refractivity contribution in [2.75, 3.05) is 0 Å². The molecule has 0 aliphatic rings. The number of benzene rings is 1. The van der Waals surface area contributed by atoms with Gasteiger partial charge in [0.25, 0.3) is 0 Å². The maximum absolute atomic E-state index is 13.2. The molecular weight excluding hydrogens is 308 g/mol. The van der Waals surface area contributed by atoms with Crippen molar-refractivity contribution < 1.29 is 9.28 Å². The van der Waals surface area contributed by atoms with E-state index in [2.05, 4.69) is 22.6 Å². The van der Waals surface area contributed by atoms with Gasteiger partial charge in [-0.2, -0.15) is 5.12 Å². The lowest BCUT2D eigenvalue weighted by Crippen LogP contribution is -2.31. The fourth-order valence-electron chi connectivity index (χ4n) is 1.35. The summed E-state index contributed by atoms with van der Waals surface area (Å²) in [7, 11) is 0. The number of rotatable bonds is 3. The van der Waals surface area contributed by atoms with E-state index in [1.54, 1.807) is 6.92 Å².